The molecule has 23 heavy (non-hydrogen) atoms. The van der Waals surface area contributed by atoms with Gasteiger partial charge in [-0.25, -0.2) is 0 Å². The summed E-state index contributed by atoms with van der Waals surface area (Å²) in [5, 5.41) is 0. The van der Waals surface area contributed by atoms with Gasteiger partial charge in [0.2, 0.25) is 0 Å². The van der Waals surface area contributed by atoms with E-state index in [1.165, 1.54) is 24.0 Å². The summed E-state index contributed by atoms with van der Waals surface area (Å²) >= 11 is 7.03. The first-order valence-corrected chi connectivity index (χ1v) is 9.89. The van der Waals surface area contributed by atoms with Crippen LogP contribution in [-0.4, -0.2) is 13.2 Å². The van der Waals surface area contributed by atoms with Crippen LogP contribution in [0.25, 0.3) is 0 Å². The van der Waals surface area contributed by atoms with E-state index in [0.29, 0.717) is 0 Å². The van der Waals surface area contributed by atoms with Crippen LogP contribution in [0.15, 0.2) is 57.5 Å². The number of ether oxygens (including phenoxy) is 1. The van der Waals surface area contributed by atoms with E-state index in [1.54, 1.807) is 0 Å². The molecule has 0 aromatic heterocycles. The van der Waals surface area contributed by atoms with Crippen LogP contribution in [0.5, 0.6) is 0 Å². The van der Waals surface area contributed by atoms with Gasteiger partial charge in [0.15, 0.2) is 0 Å². The third-order valence-electron chi connectivity index (χ3n) is 3.79. The summed E-state index contributed by atoms with van der Waals surface area (Å²) < 4.78 is 8.07. The van der Waals surface area contributed by atoms with Crippen LogP contribution < -0.4 is 0 Å². The van der Waals surface area contributed by atoms with Gasteiger partial charge in [0.25, 0.3) is 0 Å². The van der Waals surface area contributed by atoms with Crippen molar-refractivity contribution >= 4 is 31.9 Å². The molecule has 3 heteroatoms. The first kappa shape index (κ1) is 18.7. The Morgan fingerprint density at radius 2 is 1.13 bits per heavy atom. The second-order valence-corrected chi connectivity index (χ2v) is 7.62. The Bertz CT molecular complexity index is 532. The summed E-state index contributed by atoms with van der Waals surface area (Å²) in [6.45, 7) is 1.76. The normalized spacial score (nSPS) is 10.9. The van der Waals surface area contributed by atoms with E-state index in [-0.39, 0.29) is 0 Å². The topological polar surface area (TPSA) is 9.23 Å². The zero-order valence-corrected chi connectivity index (χ0v) is 16.6. The molecule has 2 aromatic rings. The molecule has 124 valence electrons. The Morgan fingerprint density at radius 1 is 0.652 bits per heavy atom. The fourth-order valence-corrected chi connectivity index (χ4v) is 3.45. The van der Waals surface area contributed by atoms with Gasteiger partial charge in [-0.05, 0) is 73.9 Å². The van der Waals surface area contributed by atoms with Crippen molar-refractivity contribution in [1.29, 1.82) is 0 Å². The zero-order chi connectivity index (χ0) is 16.3. The van der Waals surface area contributed by atoms with E-state index in [9.17, 15) is 0 Å². The third-order valence-corrected chi connectivity index (χ3v) is 4.77. The summed E-state index contributed by atoms with van der Waals surface area (Å²) in [6, 6.07) is 17.1. The van der Waals surface area contributed by atoms with Gasteiger partial charge in [-0.3, -0.25) is 0 Å². The minimum Gasteiger partial charge on any atom is -0.381 e. The average Bonchev–Trinajstić information content (AvgIpc) is 2.53. The molecule has 0 radical (unpaired) electrons. The van der Waals surface area contributed by atoms with E-state index in [0.717, 1.165) is 47.8 Å². The molecule has 0 fully saturated rings. The van der Waals surface area contributed by atoms with Crippen molar-refractivity contribution in [3.05, 3.63) is 68.6 Å². The molecule has 2 aromatic carbocycles. The highest BCUT2D eigenvalue weighted by Gasteiger charge is 1.97. The van der Waals surface area contributed by atoms with Gasteiger partial charge in [0, 0.05) is 22.2 Å². The summed E-state index contributed by atoms with van der Waals surface area (Å²) in [7, 11) is 0. The van der Waals surface area contributed by atoms with Crippen LogP contribution >= 0.6 is 31.9 Å². The van der Waals surface area contributed by atoms with Crippen LogP contribution in [0.1, 0.15) is 36.8 Å². The third kappa shape index (κ3) is 8.14. The number of rotatable bonds is 10. The number of hydrogen-bond donors (Lipinski definition) is 0. The molecule has 0 unspecified atom stereocenters. The van der Waals surface area contributed by atoms with Crippen molar-refractivity contribution in [2.45, 2.75) is 38.5 Å². The lowest BCUT2D eigenvalue weighted by Crippen LogP contribution is -1.99. The van der Waals surface area contributed by atoms with Crippen molar-refractivity contribution in [3.8, 4) is 0 Å². The van der Waals surface area contributed by atoms with Crippen molar-refractivity contribution in [2.75, 3.05) is 13.2 Å². The van der Waals surface area contributed by atoms with Crippen LogP contribution in [0.3, 0.4) is 0 Å². The molecule has 0 saturated heterocycles. The summed E-state index contributed by atoms with van der Waals surface area (Å²) in [5.41, 5.74) is 2.79. The SMILES string of the molecule is Brc1cccc(CCCCOCCCCc2cccc(Br)c2)c1. The van der Waals surface area contributed by atoms with E-state index >= 15 is 0 Å². The Kier molecular flexibility index (Phi) is 8.95. The van der Waals surface area contributed by atoms with Crippen molar-refractivity contribution < 1.29 is 4.74 Å². The second-order valence-electron chi connectivity index (χ2n) is 5.79. The van der Waals surface area contributed by atoms with Crippen LogP contribution in [-0.2, 0) is 17.6 Å². The first-order valence-electron chi connectivity index (χ1n) is 8.31. The van der Waals surface area contributed by atoms with Gasteiger partial charge in [-0.2, -0.15) is 0 Å². The highest BCUT2D eigenvalue weighted by atomic mass is 79.9. The predicted molar refractivity (Wildman–Crippen MR) is 105 cm³/mol. The first-order chi connectivity index (χ1) is 11.2. The van der Waals surface area contributed by atoms with Gasteiger partial charge in [-0.1, -0.05) is 56.1 Å². The largest absolute Gasteiger partial charge is 0.381 e. The minimum absolute atomic E-state index is 0.880. The minimum atomic E-state index is 0.880. The lowest BCUT2D eigenvalue weighted by atomic mass is 10.1. The monoisotopic (exact) mass is 438 g/mol. The summed E-state index contributed by atoms with van der Waals surface area (Å²) in [6.07, 6.45) is 6.91. The lowest BCUT2D eigenvalue weighted by Gasteiger charge is -2.05. The fourth-order valence-electron chi connectivity index (χ4n) is 2.55. The summed E-state index contributed by atoms with van der Waals surface area (Å²) in [4.78, 5) is 0. The van der Waals surface area contributed by atoms with Crippen molar-refractivity contribution in [2.24, 2.45) is 0 Å². The maximum Gasteiger partial charge on any atom is 0.0466 e. The average molecular weight is 440 g/mol. The van der Waals surface area contributed by atoms with E-state index < -0.39 is 0 Å². The van der Waals surface area contributed by atoms with Crippen molar-refractivity contribution in [1.82, 2.24) is 0 Å². The molecule has 0 saturated carbocycles. The second kappa shape index (κ2) is 11.0. The molecule has 0 atom stereocenters. The number of benzene rings is 2. The predicted octanol–water partition coefficient (Wildman–Crippen LogP) is 6.57. The Balaban J connectivity index is 1.45. The van der Waals surface area contributed by atoms with Crippen molar-refractivity contribution in [3.63, 3.8) is 0 Å². The molecule has 2 rings (SSSR count). The number of halogens is 2. The Hall–Kier alpha value is -0.640. The Labute approximate surface area is 156 Å². The molecule has 0 aliphatic carbocycles. The molecular weight excluding hydrogens is 416 g/mol. The van der Waals surface area contributed by atoms with Gasteiger partial charge in [0.1, 0.15) is 0 Å². The standard InChI is InChI=1S/C20H24Br2O/c21-19-11-5-9-17(15-19)7-1-3-13-23-14-4-2-8-18-10-6-12-20(22)16-18/h5-6,9-12,15-16H,1-4,7-8,13-14H2. The molecule has 0 N–H and O–H groups in total. The molecule has 0 heterocycles. The van der Waals surface area contributed by atoms with E-state index in [2.05, 4.69) is 80.4 Å². The lowest BCUT2D eigenvalue weighted by molar-refractivity contribution is 0.127. The quantitative estimate of drug-likeness (QED) is 0.380. The highest BCUT2D eigenvalue weighted by Crippen LogP contribution is 2.14. The molecule has 1 nitrogen and oxygen atoms in total. The van der Waals surface area contributed by atoms with Gasteiger partial charge < -0.3 is 4.74 Å². The maximum absolute atomic E-state index is 5.74. The number of hydrogen-bond acceptors (Lipinski definition) is 1. The number of aryl methyl sites for hydroxylation is 2. The highest BCUT2D eigenvalue weighted by molar-refractivity contribution is 9.10. The molecular formula is C20H24Br2O. The molecule has 0 aliphatic rings. The van der Waals surface area contributed by atoms with Gasteiger partial charge in [0.05, 0.1) is 0 Å². The van der Waals surface area contributed by atoms with Crippen LogP contribution in [0.4, 0.5) is 0 Å². The van der Waals surface area contributed by atoms with Crippen LogP contribution in [0, 0.1) is 0 Å². The van der Waals surface area contributed by atoms with Crippen LogP contribution in [0.2, 0.25) is 0 Å². The molecule has 0 bridgehead atoms. The maximum atomic E-state index is 5.74. The molecule has 0 amide bonds. The molecule has 0 aliphatic heterocycles. The van der Waals surface area contributed by atoms with E-state index in [1.807, 2.05) is 0 Å². The zero-order valence-electron chi connectivity index (χ0n) is 13.4. The summed E-state index contributed by atoms with van der Waals surface area (Å²) in [5.74, 6) is 0. The fraction of sp³-hybridized carbons (Fsp3) is 0.400. The Morgan fingerprint density at radius 3 is 1.57 bits per heavy atom. The smallest absolute Gasteiger partial charge is 0.0466 e. The molecule has 0 spiro atoms. The number of unbranched alkanes of at least 4 members (excludes halogenated alkanes) is 2. The van der Waals surface area contributed by atoms with Gasteiger partial charge in [-0.15, -0.1) is 0 Å². The van der Waals surface area contributed by atoms with E-state index in [4.69, 9.17) is 4.74 Å². The van der Waals surface area contributed by atoms with Gasteiger partial charge >= 0.3 is 0 Å².